The highest BCUT2D eigenvalue weighted by atomic mass is 19.4. The molecule has 1 saturated heterocycles. The Hall–Kier alpha value is -3.26. The summed E-state index contributed by atoms with van der Waals surface area (Å²) >= 11 is 0. The van der Waals surface area contributed by atoms with E-state index in [9.17, 15) is 18.0 Å². The number of anilines is 1. The summed E-state index contributed by atoms with van der Waals surface area (Å²) in [6.45, 7) is 5.32. The van der Waals surface area contributed by atoms with Crippen LogP contribution in [0.4, 0.5) is 18.9 Å². The second kappa shape index (κ2) is 9.08. The largest absolute Gasteiger partial charge is 0.457 e. The number of hydrogen-bond acceptors (Lipinski definition) is 5. The van der Waals surface area contributed by atoms with E-state index in [1.807, 2.05) is 19.1 Å². The van der Waals surface area contributed by atoms with Crippen molar-refractivity contribution in [1.29, 1.82) is 0 Å². The first-order valence-corrected chi connectivity index (χ1v) is 10.3. The summed E-state index contributed by atoms with van der Waals surface area (Å²) in [6.07, 6.45) is -2.92. The van der Waals surface area contributed by atoms with E-state index in [4.69, 9.17) is 9.15 Å². The molecule has 0 amide bonds. The van der Waals surface area contributed by atoms with Gasteiger partial charge in [0.15, 0.2) is 0 Å². The molecule has 2 aromatic carbocycles. The van der Waals surface area contributed by atoms with Gasteiger partial charge in [0.05, 0.1) is 11.8 Å². The zero-order valence-electron chi connectivity index (χ0n) is 17.6. The van der Waals surface area contributed by atoms with Gasteiger partial charge < -0.3 is 14.1 Å². The van der Waals surface area contributed by atoms with E-state index in [2.05, 4.69) is 9.80 Å². The Morgan fingerprint density at radius 1 is 1.03 bits per heavy atom. The van der Waals surface area contributed by atoms with E-state index >= 15 is 0 Å². The van der Waals surface area contributed by atoms with Crippen molar-refractivity contribution >= 4 is 11.7 Å². The van der Waals surface area contributed by atoms with Crippen LogP contribution in [-0.2, 0) is 12.7 Å². The fourth-order valence-electron chi connectivity index (χ4n) is 3.80. The number of carbonyl (C=O) groups excluding carboxylic acids is 1. The number of esters is 1. The smallest absolute Gasteiger partial charge is 0.416 e. The van der Waals surface area contributed by atoms with E-state index in [1.165, 1.54) is 18.4 Å². The van der Waals surface area contributed by atoms with Gasteiger partial charge in [-0.25, -0.2) is 4.79 Å². The van der Waals surface area contributed by atoms with Crippen LogP contribution in [-0.4, -0.2) is 37.0 Å². The summed E-state index contributed by atoms with van der Waals surface area (Å²) in [5, 5.41) is 0. The second-order valence-corrected chi connectivity index (χ2v) is 7.78. The lowest BCUT2D eigenvalue weighted by atomic mass is 10.1. The quantitative estimate of drug-likeness (QED) is 0.402. The van der Waals surface area contributed by atoms with Gasteiger partial charge in [0.25, 0.3) is 0 Å². The Kier molecular flexibility index (Phi) is 6.23. The summed E-state index contributed by atoms with van der Waals surface area (Å²) in [7, 11) is 0. The van der Waals surface area contributed by atoms with Crippen LogP contribution in [0.1, 0.15) is 27.2 Å². The topological polar surface area (TPSA) is 45.9 Å². The molecule has 0 saturated carbocycles. The number of benzene rings is 2. The van der Waals surface area contributed by atoms with E-state index in [-0.39, 0.29) is 5.76 Å². The highest BCUT2D eigenvalue weighted by molar-refractivity contribution is 5.88. The van der Waals surface area contributed by atoms with Gasteiger partial charge in [0.1, 0.15) is 5.75 Å². The van der Waals surface area contributed by atoms with Crippen molar-refractivity contribution in [2.75, 3.05) is 31.1 Å². The molecule has 1 aliphatic heterocycles. The summed E-state index contributed by atoms with van der Waals surface area (Å²) in [5.41, 5.74) is 2.05. The lowest BCUT2D eigenvalue weighted by molar-refractivity contribution is -0.137. The molecule has 2 heterocycles. The molecule has 3 aromatic rings. The van der Waals surface area contributed by atoms with Crippen molar-refractivity contribution in [2.45, 2.75) is 19.6 Å². The summed E-state index contributed by atoms with van der Waals surface area (Å²) < 4.78 is 49.4. The molecule has 8 heteroatoms. The van der Waals surface area contributed by atoms with Crippen LogP contribution in [0.15, 0.2) is 65.3 Å². The molecule has 1 aliphatic rings. The molecule has 1 fully saturated rings. The maximum Gasteiger partial charge on any atom is 0.416 e. The molecule has 0 spiro atoms. The Morgan fingerprint density at radius 2 is 1.81 bits per heavy atom. The number of aryl methyl sites for hydroxylation is 1. The first-order chi connectivity index (χ1) is 15.3. The van der Waals surface area contributed by atoms with E-state index in [1.54, 1.807) is 24.3 Å². The minimum Gasteiger partial charge on any atom is -0.457 e. The number of piperazine rings is 1. The zero-order chi connectivity index (χ0) is 22.7. The lowest BCUT2D eigenvalue weighted by Crippen LogP contribution is -2.46. The highest BCUT2D eigenvalue weighted by Gasteiger charge is 2.30. The number of halogens is 3. The van der Waals surface area contributed by atoms with Crippen LogP contribution in [0.5, 0.6) is 5.75 Å². The van der Waals surface area contributed by atoms with Gasteiger partial charge in [0.2, 0.25) is 5.76 Å². The van der Waals surface area contributed by atoms with Crippen molar-refractivity contribution < 1.29 is 27.1 Å². The summed E-state index contributed by atoms with van der Waals surface area (Å²) in [4.78, 5) is 16.5. The average Bonchev–Trinajstić information content (AvgIpc) is 3.31. The number of alkyl halides is 3. The van der Waals surface area contributed by atoms with Crippen LogP contribution in [0.3, 0.4) is 0 Å². The van der Waals surface area contributed by atoms with Gasteiger partial charge >= 0.3 is 12.1 Å². The van der Waals surface area contributed by atoms with Crippen molar-refractivity contribution in [3.63, 3.8) is 0 Å². The van der Waals surface area contributed by atoms with Crippen LogP contribution >= 0.6 is 0 Å². The zero-order valence-corrected chi connectivity index (χ0v) is 17.6. The maximum absolute atomic E-state index is 13.0. The number of nitrogens with zero attached hydrogens (tertiary/aromatic N) is 2. The van der Waals surface area contributed by atoms with Crippen LogP contribution in [0, 0.1) is 6.92 Å². The Balaban J connectivity index is 1.38. The van der Waals surface area contributed by atoms with Crippen molar-refractivity contribution in [1.82, 2.24) is 4.90 Å². The monoisotopic (exact) mass is 444 g/mol. The van der Waals surface area contributed by atoms with Gasteiger partial charge in [-0.1, -0.05) is 24.3 Å². The summed E-state index contributed by atoms with van der Waals surface area (Å²) in [6, 6.07) is 14.1. The molecular weight excluding hydrogens is 421 g/mol. The fourth-order valence-corrected chi connectivity index (χ4v) is 3.80. The molecule has 1 aromatic heterocycles. The number of carbonyl (C=O) groups is 1. The van der Waals surface area contributed by atoms with Crippen molar-refractivity contribution in [3.05, 3.63) is 83.3 Å². The molecule has 0 radical (unpaired) electrons. The van der Waals surface area contributed by atoms with E-state index in [0.717, 1.165) is 30.4 Å². The Morgan fingerprint density at radius 3 is 2.50 bits per heavy atom. The third-order valence-corrected chi connectivity index (χ3v) is 5.49. The third-order valence-electron chi connectivity index (χ3n) is 5.49. The third kappa shape index (κ3) is 5.13. The molecule has 4 rings (SSSR count). The minimum atomic E-state index is -4.34. The van der Waals surface area contributed by atoms with Gasteiger partial charge in [0, 0.05) is 44.5 Å². The molecule has 0 aliphatic carbocycles. The van der Waals surface area contributed by atoms with Crippen molar-refractivity contribution in [2.24, 2.45) is 0 Å². The molecule has 0 atom stereocenters. The molecule has 0 bridgehead atoms. The van der Waals surface area contributed by atoms with Crippen molar-refractivity contribution in [3.8, 4) is 5.75 Å². The van der Waals surface area contributed by atoms with Gasteiger partial charge in [-0.05, 0) is 42.3 Å². The van der Waals surface area contributed by atoms with Crippen LogP contribution in [0.2, 0.25) is 0 Å². The standard InChI is InChI=1S/C24H23F3N2O3/c1-17-7-8-20(32-23(30)22-6-3-13-31-22)15-21(17)29-11-9-28(10-12-29)16-18-4-2-5-19(14-18)24(25,26)27/h2-8,13-15H,9-12,16H2,1H3. The Bertz CT molecular complexity index is 1070. The van der Waals surface area contributed by atoms with Gasteiger partial charge in [-0.3, -0.25) is 4.90 Å². The number of furan rings is 1. The molecule has 0 unspecified atom stereocenters. The summed E-state index contributed by atoms with van der Waals surface area (Å²) in [5.74, 6) is 0.00411. The average molecular weight is 444 g/mol. The fraction of sp³-hybridized carbons (Fsp3) is 0.292. The predicted octanol–water partition coefficient (Wildman–Crippen LogP) is 5.15. The molecule has 168 valence electrons. The first kappa shape index (κ1) is 22.0. The highest BCUT2D eigenvalue weighted by Crippen LogP contribution is 2.30. The number of hydrogen-bond donors (Lipinski definition) is 0. The number of rotatable bonds is 5. The maximum atomic E-state index is 13.0. The van der Waals surface area contributed by atoms with E-state index in [0.29, 0.717) is 30.9 Å². The molecule has 0 N–H and O–H groups in total. The minimum absolute atomic E-state index is 0.135. The first-order valence-electron chi connectivity index (χ1n) is 10.3. The molecular formula is C24H23F3N2O3. The van der Waals surface area contributed by atoms with Crippen LogP contribution in [0.25, 0.3) is 0 Å². The Labute approximate surface area is 184 Å². The number of ether oxygens (including phenoxy) is 1. The van der Waals surface area contributed by atoms with E-state index < -0.39 is 17.7 Å². The van der Waals surface area contributed by atoms with Gasteiger partial charge in [-0.2, -0.15) is 13.2 Å². The van der Waals surface area contributed by atoms with Crippen LogP contribution < -0.4 is 9.64 Å². The van der Waals surface area contributed by atoms with Gasteiger partial charge in [-0.15, -0.1) is 0 Å². The second-order valence-electron chi connectivity index (χ2n) is 7.78. The molecule has 32 heavy (non-hydrogen) atoms. The lowest BCUT2D eigenvalue weighted by Gasteiger charge is -2.37. The normalized spacial score (nSPS) is 15.1. The SMILES string of the molecule is Cc1ccc(OC(=O)c2ccco2)cc1N1CCN(Cc2cccc(C(F)(F)F)c2)CC1. The predicted molar refractivity (Wildman–Crippen MR) is 114 cm³/mol. The molecule has 5 nitrogen and oxygen atoms in total.